The molecule has 2 heterocycles. The van der Waals surface area contributed by atoms with Crippen molar-refractivity contribution in [3.05, 3.63) is 47.4 Å². The molecule has 0 aliphatic heterocycles. The number of methoxy groups -OCH3 is 3. The highest BCUT2D eigenvalue weighted by Crippen LogP contribution is 2.38. The first-order valence-corrected chi connectivity index (χ1v) is 9.02. The van der Waals surface area contributed by atoms with Crippen LogP contribution in [0.15, 0.2) is 30.5 Å². The summed E-state index contributed by atoms with van der Waals surface area (Å²) in [6.45, 7) is 2.18. The summed E-state index contributed by atoms with van der Waals surface area (Å²) in [4.78, 5) is 4.68. The summed E-state index contributed by atoms with van der Waals surface area (Å²) >= 11 is 0. The van der Waals surface area contributed by atoms with Gasteiger partial charge in [0.2, 0.25) is 5.75 Å². The molecule has 0 saturated carbocycles. The number of unbranched alkanes of at least 4 members (excludes halogenated alkanes) is 1. The third-order valence-corrected chi connectivity index (χ3v) is 4.36. The van der Waals surface area contributed by atoms with Crippen molar-refractivity contribution in [3.63, 3.8) is 0 Å². The molecule has 0 radical (unpaired) electrons. The van der Waals surface area contributed by atoms with Gasteiger partial charge < -0.3 is 14.2 Å². The molecule has 0 saturated heterocycles. The average Bonchev–Trinajstić information content (AvgIpc) is 3.18. The van der Waals surface area contributed by atoms with E-state index in [4.69, 9.17) is 14.2 Å². The minimum Gasteiger partial charge on any atom is -0.493 e. The number of rotatable bonds is 8. The topological polar surface area (TPSA) is 57.9 Å². The minimum atomic E-state index is 0.581. The standard InChI is InChI=1S/C21H25N3O3/c1-5-6-7-16-14-17(24-20(23-16)10-11-22-24)9-8-15-12-18(25-2)21(27-4)19(13-15)26-3/h8-14H,5-7H2,1-4H3. The summed E-state index contributed by atoms with van der Waals surface area (Å²) in [5.74, 6) is 1.83. The average molecular weight is 367 g/mol. The molecule has 0 spiro atoms. The summed E-state index contributed by atoms with van der Waals surface area (Å²) < 4.78 is 18.1. The van der Waals surface area contributed by atoms with Gasteiger partial charge in [-0.3, -0.25) is 0 Å². The third kappa shape index (κ3) is 4.05. The van der Waals surface area contributed by atoms with Gasteiger partial charge >= 0.3 is 0 Å². The maximum absolute atomic E-state index is 5.43. The second-order valence-electron chi connectivity index (χ2n) is 6.17. The molecule has 27 heavy (non-hydrogen) atoms. The lowest BCUT2D eigenvalue weighted by atomic mass is 10.1. The van der Waals surface area contributed by atoms with Crippen molar-refractivity contribution in [1.29, 1.82) is 0 Å². The van der Waals surface area contributed by atoms with Crippen LogP contribution in [0.2, 0.25) is 0 Å². The van der Waals surface area contributed by atoms with Crippen molar-refractivity contribution < 1.29 is 14.2 Å². The lowest BCUT2D eigenvalue weighted by Crippen LogP contribution is -2.00. The number of aryl methyl sites for hydroxylation is 1. The van der Waals surface area contributed by atoms with Gasteiger partial charge in [-0.2, -0.15) is 5.10 Å². The number of ether oxygens (including phenoxy) is 3. The summed E-state index contributed by atoms with van der Waals surface area (Å²) in [5.41, 5.74) is 3.85. The molecular weight excluding hydrogens is 342 g/mol. The van der Waals surface area contributed by atoms with E-state index in [0.717, 1.165) is 41.9 Å². The summed E-state index contributed by atoms with van der Waals surface area (Å²) in [6.07, 6.45) is 9.02. The van der Waals surface area contributed by atoms with E-state index in [1.54, 1.807) is 27.5 Å². The van der Waals surface area contributed by atoms with Crippen LogP contribution >= 0.6 is 0 Å². The maximum Gasteiger partial charge on any atom is 0.203 e. The third-order valence-electron chi connectivity index (χ3n) is 4.36. The molecule has 0 atom stereocenters. The first kappa shape index (κ1) is 18.8. The van der Waals surface area contributed by atoms with E-state index < -0.39 is 0 Å². The normalized spacial score (nSPS) is 11.3. The molecule has 142 valence electrons. The fourth-order valence-corrected chi connectivity index (χ4v) is 2.98. The quantitative estimate of drug-likeness (QED) is 0.595. The van der Waals surface area contributed by atoms with Crippen LogP contribution in [0.25, 0.3) is 17.8 Å². The van der Waals surface area contributed by atoms with E-state index in [-0.39, 0.29) is 0 Å². The van der Waals surface area contributed by atoms with E-state index in [0.29, 0.717) is 17.2 Å². The lowest BCUT2D eigenvalue weighted by molar-refractivity contribution is 0.324. The van der Waals surface area contributed by atoms with E-state index in [1.807, 2.05) is 34.9 Å². The Balaban J connectivity index is 1.99. The maximum atomic E-state index is 5.43. The van der Waals surface area contributed by atoms with Crippen molar-refractivity contribution in [2.45, 2.75) is 26.2 Å². The van der Waals surface area contributed by atoms with Crippen LogP contribution in [0, 0.1) is 0 Å². The number of aromatic nitrogens is 3. The zero-order chi connectivity index (χ0) is 19.2. The first-order valence-electron chi connectivity index (χ1n) is 9.02. The van der Waals surface area contributed by atoms with Crippen LogP contribution in [-0.2, 0) is 6.42 Å². The van der Waals surface area contributed by atoms with Crippen LogP contribution in [-0.4, -0.2) is 35.9 Å². The van der Waals surface area contributed by atoms with Gasteiger partial charge in [-0.1, -0.05) is 19.4 Å². The van der Waals surface area contributed by atoms with Crippen molar-refractivity contribution in [1.82, 2.24) is 14.6 Å². The van der Waals surface area contributed by atoms with E-state index in [9.17, 15) is 0 Å². The number of nitrogens with zero attached hydrogens (tertiary/aromatic N) is 3. The highest BCUT2D eigenvalue weighted by molar-refractivity contribution is 5.72. The number of hydrogen-bond donors (Lipinski definition) is 0. The number of benzene rings is 1. The van der Waals surface area contributed by atoms with E-state index in [2.05, 4.69) is 23.1 Å². The van der Waals surface area contributed by atoms with Gasteiger partial charge in [-0.25, -0.2) is 9.50 Å². The zero-order valence-electron chi connectivity index (χ0n) is 16.2. The second kappa shape index (κ2) is 8.58. The van der Waals surface area contributed by atoms with Crippen molar-refractivity contribution in [2.24, 2.45) is 0 Å². The lowest BCUT2D eigenvalue weighted by Gasteiger charge is -2.12. The van der Waals surface area contributed by atoms with Crippen LogP contribution < -0.4 is 14.2 Å². The fourth-order valence-electron chi connectivity index (χ4n) is 2.98. The first-order chi connectivity index (χ1) is 13.2. The predicted molar refractivity (Wildman–Crippen MR) is 107 cm³/mol. The molecule has 6 heteroatoms. The van der Waals surface area contributed by atoms with E-state index in [1.165, 1.54) is 0 Å². The molecule has 6 nitrogen and oxygen atoms in total. The van der Waals surface area contributed by atoms with Gasteiger partial charge in [0, 0.05) is 11.8 Å². The van der Waals surface area contributed by atoms with Gasteiger partial charge in [0.05, 0.1) is 33.2 Å². The van der Waals surface area contributed by atoms with Crippen molar-refractivity contribution in [3.8, 4) is 17.2 Å². The SMILES string of the molecule is CCCCc1cc(C=Cc2cc(OC)c(OC)c(OC)c2)n2nccc2n1. The number of fused-ring (bicyclic) bond motifs is 1. The highest BCUT2D eigenvalue weighted by atomic mass is 16.5. The van der Waals surface area contributed by atoms with Crippen molar-refractivity contribution in [2.75, 3.05) is 21.3 Å². The van der Waals surface area contributed by atoms with Gasteiger partial charge in [0.25, 0.3) is 0 Å². The second-order valence-corrected chi connectivity index (χ2v) is 6.17. The zero-order valence-corrected chi connectivity index (χ0v) is 16.2. The molecule has 0 aliphatic carbocycles. The van der Waals surface area contributed by atoms with Crippen molar-refractivity contribution >= 4 is 17.8 Å². The Morgan fingerprint density at radius 2 is 1.74 bits per heavy atom. The molecule has 0 bridgehead atoms. The molecular formula is C21H25N3O3. The molecule has 1 aromatic carbocycles. The van der Waals surface area contributed by atoms with Gasteiger partial charge in [0.1, 0.15) is 0 Å². The van der Waals surface area contributed by atoms with Crippen LogP contribution in [0.3, 0.4) is 0 Å². The summed E-state index contributed by atoms with van der Waals surface area (Å²) in [6, 6.07) is 7.84. The molecule has 0 amide bonds. The molecule has 3 rings (SSSR count). The summed E-state index contributed by atoms with van der Waals surface area (Å²) in [7, 11) is 4.82. The Labute approximate surface area is 159 Å². The number of hydrogen-bond acceptors (Lipinski definition) is 5. The monoisotopic (exact) mass is 367 g/mol. The fraction of sp³-hybridized carbons (Fsp3) is 0.333. The molecule has 0 aliphatic rings. The van der Waals surface area contributed by atoms with Crippen LogP contribution in [0.1, 0.15) is 36.7 Å². The summed E-state index contributed by atoms with van der Waals surface area (Å²) in [5, 5.41) is 4.38. The van der Waals surface area contributed by atoms with Crippen LogP contribution in [0.4, 0.5) is 0 Å². The minimum absolute atomic E-state index is 0.581. The van der Waals surface area contributed by atoms with Gasteiger partial charge in [0.15, 0.2) is 17.1 Å². The van der Waals surface area contributed by atoms with Gasteiger partial charge in [-0.05, 0) is 42.7 Å². The Bertz CT molecular complexity index is 922. The van der Waals surface area contributed by atoms with E-state index >= 15 is 0 Å². The molecule has 2 aromatic heterocycles. The molecule has 3 aromatic rings. The molecule has 0 fully saturated rings. The molecule has 0 unspecified atom stereocenters. The highest BCUT2D eigenvalue weighted by Gasteiger charge is 2.12. The van der Waals surface area contributed by atoms with Crippen LogP contribution in [0.5, 0.6) is 17.2 Å². The Hall–Kier alpha value is -3.02. The predicted octanol–water partition coefficient (Wildman–Crippen LogP) is 4.27. The molecule has 0 N–H and O–H groups in total. The smallest absolute Gasteiger partial charge is 0.203 e. The largest absolute Gasteiger partial charge is 0.493 e. The Morgan fingerprint density at radius 3 is 2.37 bits per heavy atom. The Kier molecular flexibility index (Phi) is 5.96. The Morgan fingerprint density at radius 1 is 1.00 bits per heavy atom. The van der Waals surface area contributed by atoms with Gasteiger partial charge in [-0.15, -0.1) is 0 Å².